The van der Waals surface area contributed by atoms with Gasteiger partial charge >= 0.3 is 5.97 Å². The summed E-state index contributed by atoms with van der Waals surface area (Å²) < 4.78 is 0. The number of benzene rings is 3. The van der Waals surface area contributed by atoms with Crippen molar-refractivity contribution in [2.45, 2.75) is 88.9 Å². The van der Waals surface area contributed by atoms with Gasteiger partial charge in [0, 0.05) is 23.7 Å². The molecule has 222 valence electrons. The zero-order valence-corrected chi connectivity index (χ0v) is 25.8. The molecule has 2 aliphatic rings. The summed E-state index contributed by atoms with van der Waals surface area (Å²) in [4.78, 5) is 28.3. The van der Waals surface area contributed by atoms with E-state index >= 15 is 0 Å². The molecular weight excluding hydrogens is 540 g/mol. The van der Waals surface area contributed by atoms with Crippen LogP contribution < -0.4 is 5.32 Å². The lowest BCUT2D eigenvalue weighted by Gasteiger charge is -2.47. The number of carboxylic acid groups (broad SMARTS) is 1. The molecule has 0 spiro atoms. The number of aliphatic carboxylic acids is 1. The number of thioether (sulfide) groups is 1. The molecule has 1 unspecified atom stereocenters. The highest BCUT2D eigenvalue weighted by Crippen LogP contribution is 2.44. The van der Waals surface area contributed by atoms with E-state index < -0.39 is 12.0 Å². The standard InChI is InChI=1S/C36H44N2O3S/c1-26-11-7-8-14-30(26)32-23-28(15-18-31(32)34(39)37-33(35(40)41)19-22-42-2)25-38(29-16-17-29)36(20-9-4-10-21-36)24-27-12-5-3-6-13-27/h3,5-8,11-15,18,23,29,33H,4,9-10,16-17,19-22,24-25H2,1-2H3,(H,37,39)(H,40,41). The maximum atomic E-state index is 13.6. The first-order valence-electron chi connectivity index (χ1n) is 15.4. The quantitative estimate of drug-likeness (QED) is 0.218. The van der Waals surface area contributed by atoms with Crippen molar-refractivity contribution in [3.05, 3.63) is 95.1 Å². The molecule has 1 amide bonds. The molecule has 0 saturated heterocycles. The molecule has 2 aliphatic carbocycles. The van der Waals surface area contributed by atoms with Crippen LogP contribution in [0.15, 0.2) is 72.8 Å². The second-order valence-corrected chi connectivity index (χ2v) is 13.1. The van der Waals surface area contributed by atoms with Gasteiger partial charge in [-0.2, -0.15) is 11.8 Å². The number of nitrogens with one attached hydrogen (secondary N) is 1. The molecule has 3 aromatic carbocycles. The first-order chi connectivity index (χ1) is 20.4. The first-order valence-corrected chi connectivity index (χ1v) is 16.8. The maximum absolute atomic E-state index is 13.6. The number of carbonyl (C=O) groups is 2. The van der Waals surface area contributed by atoms with Gasteiger partial charge in [-0.1, -0.05) is 79.9 Å². The molecule has 5 rings (SSSR count). The van der Waals surface area contributed by atoms with Crippen molar-refractivity contribution < 1.29 is 14.7 Å². The lowest BCUT2D eigenvalue weighted by atomic mass is 9.75. The van der Waals surface area contributed by atoms with Crippen molar-refractivity contribution in [3.8, 4) is 11.1 Å². The van der Waals surface area contributed by atoms with Crippen LogP contribution in [0.5, 0.6) is 0 Å². The summed E-state index contributed by atoms with van der Waals surface area (Å²) >= 11 is 1.58. The fourth-order valence-corrected chi connectivity index (χ4v) is 7.20. The Balaban J connectivity index is 1.49. The smallest absolute Gasteiger partial charge is 0.326 e. The summed E-state index contributed by atoms with van der Waals surface area (Å²) in [5.74, 6) is -0.661. The fourth-order valence-electron chi connectivity index (χ4n) is 6.73. The minimum absolute atomic E-state index is 0.144. The van der Waals surface area contributed by atoms with Gasteiger partial charge in [-0.3, -0.25) is 9.69 Å². The zero-order chi connectivity index (χ0) is 29.5. The van der Waals surface area contributed by atoms with E-state index in [0.717, 1.165) is 29.7 Å². The van der Waals surface area contributed by atoms with Crippen LogP contribution in [-0.4, -0.2) is 51.5 Å². The van der Waals surface area contributed by atoms with Crippen LogP contribution in [0.4, 0.5) is 0 Å². The van der Waals surface area contributed by atoms with Crippen molar-refractivity contribution in [1.29, 1.82) is 0 Å². The van der Waals surface area contributed by atoms with Gasteiger partial charge in [0.05, 0.1) is 0 Å². The molecule has 42 heavy (non-hydrogen) atoms. The lowest BCUT2D eigenvalue weighted by molar-refractivity contribution is -0.139. The third kappa shape index (κ3) is 7.27. The van der Waals surface area contributed by atoms with Gasteiger partial charge in [-0.25, -0.2) is 4.79 Å². The van der Waals surface area contributed by atoms with E-state index in [-0.39, 0.29) is 11.4 Å². The molecule has 0 heterocycles. The summed E-state index contributed by atoms with van der Waals surface area (Å²) in [6.45, 7) is 2.92. The van der Waals surface area contributed by atoms with Gasteiger partial charge in [0.1, 0.15) is 6.04 Å². The predicted octanol–water partition coefficient (Wildman–Crippen LogP) is 7.51. The van der Waals surface area contributed by atoms with Crippen molar-refractivity contribution in [1.82, 2.24) is 10.2 Å². The largest absolute Gasteiger partial charge is 0.480 e. The summed E-state index contributed by atoms with van der Waals surface area (Å²) in [5, 5.41) is 12.6. The number of amides is 1. The molecule has 2 N–H and O–H groups in total. The Morgan fingerprint density at radius 3 is 2.33 bits per heavy atom. The van der Waals surface area contributed by atoms with E-state index in [4.69, 9.17) is 0 Å². The summed E-state index contributed by atoms with van der Waals surface area (Å²) in [6, 6.07) is 25.0. The Hall–Kier alpha value is -3.09. The third-order valence-electron chi connectivity index (χ3n) is 9.09. The average molecular weight is 585 g/mol. The van der Waals surface area contributed by atoms with E-state index in [2.05, 4.69) is 71.7 Å². The molecule has 2 fully saturated rings. The first kappa shape index (κ1) is 30.4. The van der Waals surface area contributed by atoms with Crippen molar-refractivity contribution in [2.24, 2.45) is 0 Å². The van der Waals surface area contributed by atoms with E-state index in [1.807, 2.05) is 24.5 Å². The van der Waals surface area contributed by atoms with Crippen LogP contribution >= 0.6 is 11.8 Å². The number of aryl methyl sites for hydroxylation is 1. The van der Waals surface area contributed by atoms with Crippen LogP contribution in [0.1, 0.15) is 78.4 Å². The molecule has 0 radical (unpaired) electrons. The number of hydrogen-bond acceptors (Lipinski definition) is 4. The van der Waals surface area contributed by atoms with Crippen LogP contribution in [-0.2, 0) is 17.8 Å². The minimum atomic E-state index is -0.997. The van der Waals surface area contributed by atoms with Gasteiger partial charge in [-0.15, -0.1) is 0 Å². The normalized spacial score (nSPS) is 17.1. The molecule has 3 aromatic rings. The highest BCUT2D eigenvalue weighted by Gasteiger charge is 2.44. The maximum Gasteiger partial charge on any atom is 0.326 e. The summed E-state index contributed by atoms with van der Waals surface area (Å²) in [5.41, 5.74) is 6.25. The molecule has 0 aromatic heterocycles. The fraction of sp³-hybridized carbons (Fsp3) is 0.444. The molecular formula is C36H44N2O3S. The van der Waals surface area contributed by atoms with Crippen LogP contribution in [0.3, 0.4) is 0 Å². The number of rotatable bonds is 13. The number of nitrogens with zero attached hydrogens (tertiary/aromatic N) is 1. The van der Waals surface area contributed by atoms with Crippen molar-refractivity contribution in [3.63, 3.8) is 0 Å². The topological polar surface area (TPSA) is 69.6 Å². The second-order valence-electron chi connectivity index (χ2n) is 12.1. The molecule has 5 nitrogen and oxygen atoms in total. The Kier molecular flexibility index (Phi) is 10.1. The Morgan fingerprint density at radius 1 is 0.952 bits per heavy atom. The summed E-state index contributed by atoms with van der Waals surface area (Å²) in [6.07, 6.45) is 12.2. The predicted molar refractivity (Wildman–Crippen MR) is 173 cm³/mol. The van der Waals surface area contributed by atoms with E-state index in [1.54, 1.807) is 11.8 Å². The highest BCUT2D eigenvalue weighted by molar-refractivity contribution is 7.98. The average Bonchev–Trinajstić information content (AvgIpc) is 3.84. The number of carboxylic acids is 1. The monoisotopic (exact) mass is 584 g/mol. The van der Waals surface area contributed by atoms with Crippen molar-refractivity contribution >= 4 is 23.6 Å². The Labute approximate surface area is 255 Å². The minimum Gasteiger partial charge on any atom is -0.480 e. The molecule has 1 atom stereocenters. The van der Waals surface area contributed by atoms with E-state index in [1.165, 1.54) is 56.1 Å². The van der Waals surface area contributed by atoms with Crippen LogP contribution in [0.25, 0.3) is 11.1 Å². The van der Waals surface area contributed by atoms with Gasteiger partial charge in [0.25, 0.3) is 5.91 Å². The highest BCUT2D eigenvalue weighted by atomic mass is 32.2. The summed E-state index contributed by atoms with van der Waals surface area (Å²) in [7, 11) is 0. The van der Waals surface area contributed by atoms with E-state index in [9.17, 15) is 14.7 Å². The van der Waals surface area contributed by atoms with Crippen LogP contribution in [0.2, 0.25) is 0 Å². The van der Waals surface area contributed by atoms with Gasteiger partial charge < -0.3 is 10.4 Å². The third-order valence-corrected chi connectivity index (χ3v) is 9.73. The molecule has 0 aliphatic heterocycles. The van der Waals surface area contributed by atoms with Gasteiger partial charge in [-0.05, 0) is 97.4 Å². The van der Waals surface area contributed by atoms with E-state index in [0.29, 0.717) is 23.8 Å². The number of carbonyl (C=O) groups excluding carboxylic acids is 1. The lowest BCUT2D eigenvalue weighted by Crippen LogP contribution is -2.52. The van der Waals surface area contributed by atoms with Crippen molar-refractivity contribution in [2.75, 3.05) is 12.0 Å². The molecule has 6 heteroatoms. The Bertz CT molecular complexity index is 1370. The van der Waals surface area contributed by atoms with Gasteiger partial charge in [0.2, 0.25) is 0 Å². The molecule has 2 saturated carbocycles. The molecule has 0 bridgehead atoms. The SMILES string of the molecule is CSCCC(NC(=O)c1ccc(CN(C2CC2)C2(Cc3ccccc3)CCCCC2)cc1-c1ccccc1C)C(=O)O. The zero-order valence-electron chi connectivity index (χ0n) is 25.0. The van der Waals surface area contributed by atoms with Gasteiger partial charge in [0.15, 0.2) is 0 Å². The van der Waals surface area contributed by atoms with Crippen LogP contribution in [0, 0.1) is 6.92 Å². The number of hydrogen-bond donors (Lipinski definition) is 2. The Morgan fingerprint density at radius 2 is 1.67 bits per heavy atom. The second kappa shape index (κ2) is 13.9.